The van der Waals surface area contributed by atoms with Crippen LogP contribution in [0.1, 0.15) is 23.2 Å². The van der Waals surface area contributed by atoms with E-state index in [1.54, 1.807) is 20.4 Å². The molecule has 1 atom stereocenters. The van der Waals surface area contributed by atoms with Crippen molar-refractivity contribution in [1.82, 2.24) is 15.3 Å². The van der Waals surface area contributed by atoms with Crippen molar-refractivity contribution in [3.05, 3.63) is 59.7 Å². The molecule has 5 nitrogen and oxygen atoms in total. The minimum absolute atomic E-state index is 0.245. The summed E-state index contributed by atoms with van der Waals surface area (Å²) in [5, 5.41) is 3.27. The topological polar surface area (TPSA) is 56.3 Å². The molecule has 21 heavy (non-hydrogen) atoms. The molecule has 1 aromatic heterocycles. The SMILES string of the molecule is COCCNCc1ccnc(C(OC)c2ccccc2)n1. The van der Waals surface area contributed by atoms with E-state index in [2.05, 4.69) is 15.3 Å². The predicted molar refractivity (Wildman–Crippen MR) is 80.9 cm³/mol. The smallest absolute Gasteiger partial charge is 0.162 e. The Kier molecular flexibility index (Phi) is 6.27. The molecule has 2 rings (SSSR count). The molecule has 0 bridgehead atoms. The number of hydrogen-bond donors (Lipinski definition) is 1. The molecular formula is C16H21N3O2. The van der Waals surface area contributed by atoms with Crippen LogP contribution in [0.15, 0.2) is 42.6 Å². The Morgan fingerprint density at radius 2 is 1.95 bits per heavy atom. The van der Waals surface area contributed by atoms with E-state index < -0.39 is 0 Å². The molecular weight excluding hydrogens is 266 g/mol. The summed E-state index contributed by atoms with van der Waals surface area (Å²) in [7, 11) is 3.36. The van der Waals surface area contributed by atoms with E-state index >= 15 is 0 Å². The maximum Gasteiger partial charge on any atom is 0.162 e. The molecule has 5 heteroatoms. The van der Waals surface area contributed by atoms with Crippen LogP contribution in [-0.2, 0) is 16.0 Å². The lowest BCUT2D eigenvalue weighted by Gasteiger charge is -2.15. The van der Waals surface area contributed by atoms with Gasteiger partial charge in [0.05, 0.1) is 12.3 Å². The lowest BCUT2D eigenvalue weighted by Crippen LogP contribution is -2.20. The molecule has 112 valence electrons. The van der Waals surface area contributed by atoms with Crippen molar-refractivity contribution >= 4 is 0 Å². The van der Waals surface area contributed by atoms with Crippen molar-refractivity contribution in [3.8, 4) is 0 Å². The fourth-order valence-electron chi connectivity index (χ4n) is 2.05. The third-order valence-electron chi connectivity index (χ3n) is 3.09. The van der Waals surface area contributed by atoms with Crippen LogP contribution in [-0.4, -0.2) is 37.3 Å². The van der Waals surface area contributed by atoms with Crippen LogP contribution in [0.4, 0.5) is 0 Å². The molecule has 0 fully saturated rings. The Bertz CT molecular complexity index is 534. The second-order valence-electron chi connectivity index (χ2n) is 4.60. The minimum atomic E-state index is -0.245. The number of nitrogens with zero attached hydrogens (tertiary/aromatic N) is 2. The summed E-state index contributed by atoms with van der Waals surface area (Å²) < 4.78 is 10.6. The van der Waals surface area contributed by atoms with Crippen molar-refractivity contribution in [2.24, 2.45) is 0 Å². The quantitative estimate of drug-likeness (QED) is 0.752. The molecule has 1 heterocycles. The highest BCUT2D eigenvalue weighted by atomic mass is 16.5. The third-order valence-corrected chi connectivity index (χ3v) is 3.09. The first-order valence-corrected chi connectivity index (χ1v) is 6.94. The van der Waals surface area contributed by atoms with Gasteiger partial charge in [-0.05, 0) is 11.6 Å². The number of nitrogens with one attached hydrogen (secondary N) is 1. The van der Waals surface area contributed by atoms with Gasteiger partial charge in [0.1, 0.15) is 6.10 Å². The van der Waals surface area contributed by atoms with E-state index in [4.69, 9.17) is 9.47 Å². The van der Waals surface area contributed by atoms with Gasteiger partial charge in [-0.3, -0.25) is 0 Å². The van der Waals surface area contributed by atoms with Gasteiger partial charge in [-0.15, -0.1) is 0 Å². The third kappa shape index (κ3) is 4.60. The summed E-state index contributed by atoms with van der Waals surface area (Å²) >= 11 is 0. The standard InChI is InChI=1S/C16H21N3O2/c1-20-11-10-17-12-14-8-9-18-16(19-14)15(21-2)13-6-4-3-5-7-13/h3-9,15,17H,10-12H2,1-2H3. The second-order valence-corrected chi connectivity index (χ2v) is 4.60. The summed E-state index contributed by atoms with van der Waals surface area (Å²) in [6.45, 7) is 2.16. The molecule has 0 aliphatic carbocycles. The number of benzene rings is 1. The van der Waals surface area contributed by atoms with Crippen LogP contribution < -0.4 is 5.32 Å². The van der Waals surface area contributed by atoms with Crippen molar-refractivity contribution in [1.29, 1.82) is 0 Å². The van der Waals surface area contributed by atoms with Gasteiger partial charge in [0.2, 0.25) is 0 Å². The highest BCUT2D eigenvalue weighted by Gasteiger charge is 2.16. The van der Waals surface area contributed by atoms with Gasteiger partial charge in [-0.2, -0.15) is 0 Å². The highest BCUT2D eigenvalue weighted by molar-refractivity contribution is 5.23. The number of aromatic nitrogens is 2. The van der Waals surface area contributed by atoms with E-state index in [1.165, 1.54) is 0 Å². The molecule has 2 aromatic rings. The molecule has 1 N–H and O–H groups in total. The molecule has 1 aromatic carbocycles. The summed E-state index contributed by atoms with van der Waals surface area (Å²) in [5.41, 5.74) is 1.98. The largest absolute Gasteiger partial charge is 0.383 e. The Morgan fingerprint density at radius 3 is 2.67 bits per heavy atom. The Morgan fingerprint density at radius 1 is 1.14 bits per heavy atom. The van der Waals surface area contributed by atoms with Crippen molar-refractivity contribution < 1.29 is 9.47 Å². The van der Waals surface area contributed by atoms with Gasteiger partial charge < -0.3 is 14.8 Å². The zero-order valence-corrected chi connectivity index (χ0v) is 12.5. The number of ether oxygens (including phenoxy) is 2. The Labute approximate surface area is 125 Å². The van der Waals surface area contributed by atoms with Crippen LogP contribution in [0, 0.1) is 0 Å². The zero-order chi connectivity index (χ0) is 14.9. The molecule has 0 aliphatic heterocycles. The average molecular weight is 287 g/mol. The number of methoxy groups -OCH3 is 2. The normalized spacial score (nSPS) is 12.3. The van der Waals surface area contributed by atoms with Crippen LogP contribution in [0.5, 0.6) is 0 Å². The van der Waals surface area contributed by atoms with Gasteiger partial charge in [0.25, 0.3) is 0 Å². The van der Waals surface area contributed by atoms with E-state index in [1.807, 2.05) is 36.4 Å². The average Bonchev–Trinajstić information content (AvgIpc) is 2.54. The van der Waals surface area contributed by atoms with Gasteiger partial charge in [-0.1, -0.05) is 30.3 Å². The van der Waals surface area contributed by atoms with Crippen molar-refractivity contribution in [3.63, 3.8) is 0 Å². The summed E-state index contributed by atoms with van der Waals surface area (Å²) in [6, 6.07) is 11.9. The van der Waals surface area contributed by atoms with Crippen LogP contribution in [0.2, 0.25) is 0 Å². The predicted octanol–water partition coefficient (Wildman–Crippen LogP) is 1.95. The molecule has 1 unspecified atom stereocenters. The Hall–Kier alpha value is -1.82. The van der Waals surface area contributed by atoms with E-state index in [-0.39, 0.29) is 6.10 Å². The first-order chi connectivity index (χ1) is 10.3. The van der Waals surface area contributed by atoms with E-state index in [0.717, 1.165) is 17.8 Å². The van der Waals surface area contributed by atoms with Gasteiger partial charge in [0.15, 0.2) is 5.82 Å². The van der Waals surface area contributed by atoms with E-state index in [0.29, 0.717) is 19.0 Å². The maximum atomic E-state index is 5.56. The van der Waals surface area contributed by atoms with Gasteiger partial charge in [-0.25, -0.2) is 9.97 Å². The fourth-order valence-corrected chi connectivity index (χ4v) is 2.05. The van der Waals surface area contributed by atoms with Crippen molar-refractivity contribution in [2.45, 2.75) is 12.6 Å². The first kappa shape index (κ1) is 15.6. The second kappa shape index (κ2) is 8.46. The summed E-state index contributed by atoms with van der Waals surface area (Å²) in [4.78, 5) is 8.92. The molecule has 0 radical (unpaired) electrons. The lowest BCUT2D eigenvalue weighted by atomic mass is 10.1. The maximum absolute atomic E-state index is 5.56. The number of hydrogen-bond acceptors (Lipinski definition) is 5. The van der Waals surface area contributed by atoms with Crippen molar-refractivity contribution in [2.75, 3.05) is 27.4 Å². The molecule has 0 saturated carbocycles. The fraction of sp³-hybridized carbons (Fsp3) is 0.375. The minimum Gasteiger partial charge on any atom is -0.383 e. The number of rotatable bonds is 8. The Balaban J connectivity index is 2.08. The summed E-state index contributed by atoms with van der Waals surface area (Å²) in [5.74, 6) is 0.676. The molecule has 0 spiro atoms. The monoisotopic (exact) mass is 287 g/mol. The highest BCUT2D eigenvalue weighted by Crippen LogP contribution is 2.21. The van der Waals surface area contributed by atoms with Gasteiger partial charge >= 0.3 is 0 Å². The zero-order valence-electron chi connectivity index (χ0n) is 12.5. The van der Waals surface area contributed by atoms with E-state index in [9.17, 15) is 0 Å². The molecule has 0 aliphatic rings. The van der Waals surface area contributed by atoms with Crippen LogP contribution in [0.3, 0.4) is 0 Å². The lowest BCUT2D eigenvalue weighted by molar-refractivity contribution is 0.128. The first-order valence-electron chi connectivity index (χ1n) is 6.94. The summed E-state index contributed by atoms with van der Waals surface area (Å²) in [6.07, 6.45) is 1.52. The molecule has 0 saturated heterocycles. The van der Waals surface area contributed by atoms with Gasteiger partial charge in [0, 0.05) is 33.5 Å². The van der Waals surface area contributed by atoms with Crippen LogP contribution >= 0.6 is 0 Å². The van der Waals surface area contributed by atoms with Crippen LogP contribution in [0.25, 0.3) is 0 Å². The molecule has 0 amide bonds.